The lowest BCUT2D eigenvalue weighted by atomic mass is 10.2. The Morgan fingerprint density at radius 1 is 1.33 bits per heavy atom. The third-order valence-electron chi connectivity index (χ3n) is 1.69. The molecule has 1 aromatic rings. The number of ether oxygens (including phenoxy) is 1. The van der Waals surface area contributed by atoms with Gasteiger partial charge in [0, 0.05) is 5.02 Å². The number of hydrogen-bond acceptors (Lipinski definition) is 4. The summed E-state index contributed by atoms with van der Waals surface area (Å²) in [4.78, 5) is 10.9. The monoisotopic (exact) mass is 248 g/mol. The van der Waals surface area contributed by atoms with Gasteiger partial charge in [0.1, 0.15) is 0 Å². The molecule has 0 saturated heterocycles. The number of methoxy groups -OCH3 is 1. The van der Waals surface area contributed by atoms with Crippen molar-refractivity contribution in [1.29, 1.82) is 0 Å². The quantitative estimate of drug-likeness (QED) is 0.752. The fraction of sp³-hybridized carbons (Fsp3) is 0.222. The molecule has 0 aliphatic heterocycles. The Kier molecular flexibility index (Phi) is 3.71. The summed E-state index contributed by atoms with van der Waals surface area (Å²) in [6.07, 6.45) is 0. The Bertz CT molecular complexity index is 450. The topological polar surface area (TPSA) is 60.4 Å². The summed E-state index contributed by atoms with van der Waals surface area (Å²) in [5, 5.41) is -0.716. The third-order valence-corrected chi connectivity index (χ3v) is 3.33. The lowest BCUT2D eigenvalue weighted by molar-refractivity contribution is 0.197. The van der Waals surface area contributed by atoms with E-state index < -0.39 is 15.1 Å². The van der Waals surface area contributed by atoms with E-state index in [-0.39, 0.29) is 5.75 Å². The van der Waals surface area contributed by atoms with Crippen molar-refractivity contribution in [3.63, 3.8) is 0 Å². The second-order valence-corrected chi connectivity index (χ2v) is 5.13. The van der Waals surface area contributed by atoms with Crippen molar-refractivity contribution < 1.29 is 17.9 Å². The van der Waals surface area contributed by atoms with Crippen LogP contribution in [0.4, 0.5) is 4.79 Å². The van der Waals surface area contributed by atoms with E-state index in [4.69, 9.17) is 11.6 Å². The van der Waals surface area contributed by atoms with Crippen LogP contribution in [0.2, 0.25) is 5.02 Å². The molecule has 82 valence electrons. The Morgan fingerprint density at radius 2 is 1.87 bits per heavy atom. The Morgan fingerprint density at radius 3 is 2.33 bits per heavy atom. The van der Waals surface area contributed by atoms with Crippen LogP contribution < -0.4 is 0 Å². The lowest BCUT2D eigenvalue weighted by Gasteiger charge is -2.01. The Hall–Kier alpha value is -1.07. The highest BCUT2D eigenvalue weighted by atomic mass is 35.5. The van der Waals surface area contributed by atoms with Crippen molar-refractivity contribution >= 4 is 26.7 Å². The first kappa shape index (κ1) is 12.0. The average molecular weight is 249 g/mol. The summed E-state index contributed by atoms with van der Waals surface area (Å²) in [5.41, 5.74) is 0.491. The van der Waals surface area contributed by atoms with Crippen LogP contribution in [-0.2, 0) is 20.3 Å². The van der Waals surface area contributed by atoms with Gasteiger partial charge < -0.3 is 4.74 Å². The van der Waals surface area contributed by atoms with E-state index in [0.29, 0.717) is 10.6 Å². The molecule has 0 saturated carbocycles. The lowest BCUT2D eigenvalue weighted by Crippen LogP contribution is -2.16. The zero-order chi connectivity index (χ0) is 11.5. The summed E-state index contributed by atoms with van der Waals surface area (Å²) in [6, 6.07) is 6.21. The van der Waals surface area contributed by atoms with Crippen molar-refractivity contribution in [3.8, 4) is 0 Å². The average Bonchev–Trinajstić information content (AvgIpc) is 2.20. The molecule has 1 rings (SSSR count). The van der Waals surface area contributed by atoms with E-state index in [2.05, 4.69) is 4.74 Å². The van der Waals surface area contributed by atoms with Gasteiger partial charge in [0.2, 0.25) is 0 Å². The Balaban J connectivity index is 2.87. The number of sulfone groups is 1. The van der Waals surface area contributed by atoms with Crippen molar-refractivity contribution in [1.82, 2.24) is 0 Å². The number of benzene rings is 1. The van der Waals surface area contributed by atoms with Crippen LogP contribution in [0.15, 0.2) is 24.3 Å². The SMILES string of the molecule is COC(=O)S(=O)(=O)Cc1ccc(Cl)cc1. The molecule has 0 amide bonds. The number of hydrogen-bond donors (Lipinski definition) is 0. The third kappa shape index (κ3) is 3.21. The van der Waals surface area contributed by atoms with E-state index in [1.54, 1.807) is 24.3 Å². The summed E-state index contributed by atoms with van der Waals surface area (Å²) >= 11 is 5.63. The van der Waals surface area contributed by atoms with Crippen LogP contribution in [-0.4, -0.2) is 20.8 Å². The summed E-state index contributed by atoms with van der Waals surface area (Å²) < 4.78 is 26.8. The molecule has 4 nitrogen and oxygen atoms in total. The van der Waals surface area contributed by atoms with Gasteiger partial charge >= 0.3 is 5.30 Å². The molecule has 0 aromatic heterocycles. The van der Waals surface area contributed by atoms with Crippen LogP contribution >= 0.6 is 11.6 Å². The highest BCUT2D eigenvalue weighted by Gasteiger charge is 2.23. The fourth-order valence-corrected chi connectivity index (χ4v) is 2.11. The highest BCUT2D eigenvalue weighted by molar-refractivity contribution is 8.05. The zero-order valence-electron chi connectivity index (χ0n) is 7.94. The van der Waals surface area contributed by atoms with Crippen molar-refractivity contribution in [2.45, 2.75) is 5.75 Å². The van der Waals surface area contributed by atoms with Gasteiger partial charge in [-0.05, 0) is 17.7 Å². The minimum atomic E-state index is -3.88. The number of carbonyl (C=O) groups is 1. The second-order valence-electron chi connectivity index (χ2n) is 2.84. The first-order valence-corrected chi connectivity index (χ1v) is 6.04. The molecule has 0 aliphatic carbocycles. The van der Waals surface area contributed by atoms with Gasteiger partial charge in [-0.25, -0.2) is 13.2 Å². The van der Waals surface area contributed by atoms with Gasteiger partial charge in [-0.2, -0.15) is 0 Å². The molecule has 6 heteroatoms. The standard InChI is InChI=1S/C9H9ClO4S/c1-14-9(11)15(12,13)6-7-2-4-8(10)5-3-7/h2-5H,6H2,1H3. The van der Waals surface area contributed by atoms with E-state index in [0.717, 1.165) is 7.11 Å². The van der Waals surface area contributed by atoms with Gasteiger partial charge in [0.15, 0.2) is 0 Å². The molecule has 0 fully saturated rings. The van der Waals surface area contributed by atoms with Crippen molar-refractivity contribution in [2.75, 3.05) is 7.11 Å². The van der Waals surface area contributed by atoms with Crippen molar-refractivity contribution in [2.24, 2.45) is 0 Å². The maximum atomic E-state index is 11.3. The van der Waals surface area contributed by atoms with E-state index in [9.17, 15) is 13.2 Å². The summed E-state index contributed by atoms with van der Waals surface area (Å²) in [6.45, 7) is 0. The minimum Gasteiger partial charge on any atom is -0.457 e. The largest absolute Gasteiger partial charge is 0.457 e. The van der Waals surface area contributed by atoms with Crippen LogP contribution in [0.3, 0.4) is 0 Å². The predicted octanol–water partition coefficient (Wildman–Crippen LogP) is 2.02. The normalized spacial score (nSPS) is 11.1. The molecular formula is C9H9ClO4S. The molecule has 0 radical (unpaired) electrons. The molecule has 0 unspecified atom stereocenters. The van der Waals surface area contributed by atoms with Crippen LogP contribution in [0.1, 0.15) is 5.56 Å². The maximum absolute atomic E-state index is 11.3. The molecule has 0 aliphatic rings. The van der Waals surface area contributed by atoms with Crippen LogP contribution in [0, 0.1) is 0 Å². The molecule has 0 bridgehead atoms. The van der Waals surface area contributed by atoms with Gasteiger partial charge in [-0.1, -0.05) is 23.7 Å². The first-order valence-electron chi connectivity index (χ1n) is 4.01. The van der Waals surface area contributed by atoms with Gasteiger partial charge in [0.25, 0.3) is 9.84 Å². The van der Waals surface area contributed by atoms with E-state index in [1.807, 2.05) is 0 Å². The zero-order valence-corrected chi connectivity index (χ0v) is 9.51. The summed E-state index contributed by atoms with van der Waals surface area (Å²) in [7, 11) is -2.85. The fourth-order valence-electron chi connectivity index (χ4n) is 0.986. The molecule has 0 atom stereocenters. The van der Waals surface area contributed by atoms with Crippen LogP contribution in [0.25, 0.3) is 0 Å². The number of halogens is 1. The van der Waals surface area contributed by atoms with Gasteiger partial charge in [0.05, 0.1) is 12.9 Å². The van der Waals surface area contributed by atoms with E-state index >= 15 is 0 Å². The molecule has 15 heavy (non-hydrogen) atoms. The minimum absolute atomic E-state index is 0.378. The number of rotatable bonds is 2. The predicted molar refractivity (Wildman–Crippen MR) is 56.5 cm³/mol. The van der Waals surface area contributed by atoms with Gasteiger partial charge in [-0.15, -0.1) is 0 Å². The highest BCUT2D eigenvalue weighted by Crippen LogP contribution is 2.13. The number of carbonyl (C=O) groups excluding carboxylic acids is 1. The first-order chi connectivity index (χ1) is 6.95. The van der Waals surface area contributed by atoms with Crippen molar-refractivity contribution in [3.05, 3.63) is 34.9 Å². The Labute approximate surface area is 92.7 Å². The van der Waals surface area contributed by atoms with E-state index in [1.165, 1.54) is 0 Å². The maximum Gasteiger partial charge on any atom is 0.424 e. The van der Waals surface area contributed by atoms with Gasteiger partial charge in [-0.3, -0.25) is 0 Å². The molecule has 0 N–H and O–H groups in total. The van der Waals surface area contributed by atoms with Crippen LogP contribution in [0.5, 0.6) is 0 Å². The smallest absolute Gasteiger partial charge is 0.424 e. The second kappa shape index (κ2) is 4.63. The molecular weight excluding hydrogens is 240 g/mol. The molecule has 0 heterocycles. The molecule has 0 spiro atoms. The summed E-state index contributed by atoms with van der Waals surface area (Å²) in [5.74, 6) is -0.378. The molecule has 1 aromatic carbocycles.